The molecular weight excluding hydrogens is 437 g/mol. The molecule has 1 fully saturated rings. The lowest BCUT2D eigenvalue weighted by atomic mass is 10.1. The van der Waals surface area contributed by atoms with Gasteiger partial charge in [0.15, 0.2) is 0 Å². The number of unbranched alkanes of at least 4 members (excludes halogenated alkanes) is 1. The zero-order valence-corrected chi connectivity index (χ0v) is 20.9. The van der Waals surface area contributed by atoms with Crippen LogP contribution in [0.3, 0.4) is 0 Å². The summed E-state index contributed by atoms with van der Waals surface area (Å²) >= 11 is 0. The number of hydrogen-bond donors (Lipinski definition) is 1. The zero-order valence-electron chi connectivity index (χ0n) is 19.3. The van der Waals surface area contributed by atoms with E-state index in [9.17, 15) is 4.79 Å². The molecule has 6 nitrogen and oxygen atoms in total. The van der Waals surface area contributed by atoms with E-state index in [1.54, 1.807) is 0 Å². The molecule has 0 aliphatic carbocycles. The van der Waals surface area contributed by atoms with Gasteiger partial charge in [0.25, 0.3) is 0 Å². The second-order valence-electron chi connectivity index (χ2n) is 7.70. The molecule has 1 saturated heterocycles. The average Bonchev–Trinajstić information content (AvgIpc) is 2.74. The van der Waals surface area contributed by atoms with E-state index in [2.05, 4.69) is 35.9 Å². The molecule has 1 aliphatic rings. The monoisotopic (exact) mass is 477 g/mol. The third-order valence-electron chi connectivity index (χ3n) is 5.42. The van der Waals surface area contributed by atoms with Gasteiger partial charge in [-0.25, -0.2) is 4.79 Å². The third-order valence-corrected chi connectivity index (χ3v) is 5.42. The number of benzene rings is 1. The van der Waals surface area contributed by atoms with E-state index in [1.165, 1.54) is 19.3 Å². The predicted molar refractivity (Wildman–Crippen MR) is 133 cm³/mol. The van der Waals surface area contributed by atoms with E-state index < -0.39 is 6.09 Å². The maximum atomic E-state index is 12.7. The molecule has 1 heterocycles. The summed E-state index contributed by atoms with van der Waals surface area (Å²) in [5.74, 6) is 0.689. The zero-order chi connectivity index (χ0) is 20.9. The number of hydrogen-bond acceptors (Lipinski definition) is 5. The molecule has 1 aromatic rings. The van der Waals surface area contributed by atoms with Gasteiger partial charge >= 0.3 is 6.09 Å². The SMILES string of the molecule is CCCCOc1ccccc1NC(=O)OC(CN(CC)CC)CN1CCCCC1.Cl.Cl. The Bertz CT molecular complexity index is 597. The smallest absolute Gasteiger partial charge is 0.412 e. The number of nitrogens with one attached hydrogen (secondary N) is 1. The van der Waals surface area contributed by atoms with Crippen molar-refractivity contribution in [3.63, 3.8) is 0 Å². The lowest BCUT2D eigenvalue weighted by Gasteiger charge is -2.32. The van der Waals surface area contributed by atoms with Gasteiger partial charge in [0, 0.05) is 13.1 Å². The van der Waals surface area contributed by atoms with Gasteiger partial charge in [-0.3, -0.25) is 10.2 Å². The van der Waals surface area contributed by atoms with Gasteiger partial charge < -0.3 is 14.4 Å². The number of ether oxygens (including phenoxy) is 2. The third kappa shape index (κ3) is 11.3. The van der Waals surface area contributed by atoms with E-state index in [4.69, 9.17) is 9.47 Å². The lowest BCUT2D eigenvalue weighted by molar-refractivity contribution is 0.0503. The highest BCUT2D eigenvalue weighted by Crippen LogP contribution is 2.24. The van der Waals surface area contributed by atoms with Crippen LogP contribution in [0.2, 0.25) is 0 Å². The van der Waals surface area contributed by atoms with E-state index in [-0.39, 0.29) is 30.9 Å². The fourth-order valence-corrected chi connectivity index (χ4v) is 3.65. The minimum Gasteiger partial charge on any atom is -0.491 e. The van der Waals surface area contributed by atoms with Crippen molar-refractivity contribution < 1.29 is 14.3 Å². The van der Waals surface area contributed by atoms with Crippen LogP contribution in [0.4, 0.5) is 10.5 Å². The van der Waals surface area contributed by atoms with Crippen molar-refractivity contribution in [3.05, 3.63) is 24.3 Å². The Balaban J connectivity index is 0.00000450. The van der Waals surface area contributed by atoms with Crippen LogP contribution < -0.4 is 10.1 Å². The van der Waals surface area contributed by atoms with Crippen LogP contribution in [0.25, 0.3) is 0 Å². The number of likely N-dealkylation sites (N-methyl/N-ethyl adjacent to an activating group) is 1. The first-order valence-corrected chi connectivity index (χ1v) is 11.3. The van der Waals surface area contributed by atoms with Crippen molar-refractivity contribution >= 4 is 36.6 Å². The highest BCUT2D eigenvalue weighted by Gasteiger charge is 2.22. The summed E-state index contributed by atoms with van der Waals surface area (Å²) in [6.07, 6.45) is 5.25. The fourth-order valence-electron chi connectivity index (χ4n) is 3.65. The molecule has 1 unspecified atom stereocenters. The molecule has 2 rings (SSSR count). The Labute approximate surface area is 200 Å². The molecule has 0 spiro atoms. The van der Waals surface area contributed by atoms with Gasteiger partial charge in [0.05, 0.1) is 12.3 Å². The normalized spacial score (nSPS) is 14.8. The van der Waals surface area contributed by atoms with Gasteiger partial charge in [0.2, 0.25) is 0 Å². The first kappa shape index (κ1) is 29.8. The Morgan fingerprint density at radius 2 is 1.77 bits per heavy atom. The number of piperidine rings is 1. The van der Waals surface area contributed by atoms with Crippen molar-refractivity contribution in [2.24, 2.45) is 0 Å². The topological polar surface area (TPSA) is 54.0 Å². The number of amides is 1. The van der Waals surface area contributed by atoms with Crippen LogP contribution in [0.15, 0.2) is 24.3 Å². The predicted octanol–water partition coefficient (Wildman–Crippen LogP) is 5.45. The summed E-state index contributed by atoms with van der Waals surface area (Å²) in [5.41, 5.74) is 0.660. The van der Waals surface area contributed by atoms with Crippen LogP contribution in [-0.2, 0) is 4.74 Å². The van der Waals surface area contributed by atoms with Crippen LogP contribution in [-0.4, -0.2) is 67.9 Å². The summed E-state index contributed by atoms with van der Waals surface area (Å²) in [6.45, 7) is 12.7. The largest absolute Gasteiger partial charge is 0.491 e. The number of carbonyl (C=O) groups excluding carboxylic acids is 1. The fraction of sp³-hybridized carbons (Fsp3) is 0.696. The number of anilines is 1. The van der Waals surface area contributed by atoms with Gasteiger partial charge in [0.1, 0.15) is 11.9 Å². The van der Waals surface area contributed by atoms with Crippen molar-refractivity contribution in [3.8, 4) is 5.75 Å². The van der Waals surface area contributed by atoms with Gasteiger partial charge in [-0.2, -0.15) is 0 Å². The number of likely N-dealkylation sites (tertiary alicyclic amines) is 1. The van der Waals surface area contributed by atoms with E-state index >= 15 is 0 Å². The van der Waals surface area contributed by atoms with Gasteiger partial charge in [-0.15, -0.1) is 24.8 Å². The summed E-state index contributed by atoms with van der Waals surface area (Å²) in [4.78, 5) is 17.4. The summed E-state index contributed by atoms with van der Waals surface area (Å²) in [5, 5.41) is 2.89. The lowest BCUT2D eigenvalue weighted by Crippen LogP contribution is -2.44. The van der Waals surface area contributed by atoms with E-state index in [0.29, 0.717) is 18.0 Å². The minimum atomic E-state index is -0.411. The second-order valence-corrected chi connectivity index (χ2v) is 7.70. The van der Waals surface area contributed by atoms with Crippen molar-refractivity contribution in [2.75, 3.05) is 51.2 Å². The first-order chi connectivity index (χ1) is 14.2. The van der Waals surface area contributed by atoms with E-state index in [0.717, 1.165) is 52.1 Å². The Morgan fingerprint density at radius 1 is 1.10 bits per heavy atom. The molecular formula is C23H41Cl2N3O3. The van der Waals surface area contributed by atoms with Crippen LogP contribution in [0, 0.1) is 0 Å². The first-order valence-electron chi connectivity index (χ1n) is 11.3. The summed E-state index contributed by atoms with van der Waals surface area (Å²) in [7, 11) is 0. The van der Waals surface area contributed by atoms with Crippen LogP contribution >= 0.6 is 24.8 Å². The maximum Gasteiger partial charge on any atom is 0.412 e. The van der Waals surface area contributed by atoms with Crippen molar-refractivity contribution in [2.45, 2.75) is 59.0 Å². The van der Waals surface area contributed by atoms with Crippen LogP contribution in [0.1, 0.15) is 52.9 Å². The number of halogens is 2. The quantitative estimate of drug-likeness (QED) is 0.405. The van der Waals surface area contributed by atoms with Crippen LogP contribution in [0.5, 0.6) is 5.75 Å². The molecule has 1 N–H and O–H groups in total. The molecule has 1 amide bonds. The molecule has 1 aliphatic heterocycles. The van der Waals surface area contributed by atoms with Crippen molar-refractivity contribution in [1.82, 2.24) is 9.80 Å². The number of para-hydroxylation sites is 2. The number of carbonyl (C=O) groups is 1. The van der Waals surface area contributed by atoms with E-state index in [1.807, 2.05) is 24.3 Å². The molecule has 31 heavy (non-hydrogen) atoms. The molecule has 1 atom stereocenters. The summed E-state index contributed by atoms with van der Waals surface area (Å²) in [6, 6.07) is 7.54. The molecule has 1 aromatic carbocycles. The maximum absolute atomic E-state index is 12.7. The average molecular weight is 479 g/mol. The van der Waals surface area contributed by atoms with Gasteiger partial charge in [-0.1, -0.05) is 45.7 Å². The summed E-state index contributed by atoms with van der Waals surface area (Å²) < 4.78 is 11.7. The standard InChI is InChI=1S/C23H39N3O3.2ClH/c1-4-7-17-28-22-14-10-9-13-21(22)24-23(27)29-20(18-25(5-2)6-3)19-26-15-11-8-12-16-26;;/h9-10,13-14,20H,4-8,11-12,15-19H2,1-3H3,(H,24,27);2*1H. The Morgan fingerprint density at radius 3 is 2.42 bits per heavy atom. The molecule has 0 bridgehead atoms. The molecule has 180 valence electrons. The van der Waals surface area contributed by atoms with Gasteiger partial charge in [-0.05, 0) is 57.6 Å². The number of rotatable bonds is 12. The molecule has 0 aromatic heterocycles. The molecule has 8 heteroatoms. The van der Waals surface area contributed by atoms with Crippen molar-refractivity contribution in [1.29, 1.82) is 0 Å². The molecule has 0 radical (unpaired) electrons. The second kappa shape index (κ2) is 17.4. The minimum absolute atomic E-state index is 0. The highest BCUT2D eigenvalue weighted by atomic mass is 35.5. The highest BCUT2D eigenvalue weighted by molar-refractivity contribution is 5.86. The Kier molecular flexibility index (Phi) is 16.7. The molecule has 0 saturated carbocycles. The number of nitrogens with zero attached hydrogens (tertiary/aromatic N) is 2. The Hall–Kier alpha value is -1.21.